The van der Waals surface area contributed by atoms with Crippen molar-refractivity contribution in [3.05, 3.63) is 60.4 Å². The maximum absolute atomic E-state index is 13.1. The van der Waals surface area contributed by atoms with Crippen LogP contribution in [0.25, 0.3) is 0 Å². The standard InChI is InChI=1S/C18H18FNO3S/c1-12(17(21)20-15-8-6-7-14(19)11-15)23-18(22)13(2)24-16-9-4-3-5-10-16/h3-13H,1-2H3,(H,20,21)/t12-,13+/m1/s1. The number of esters is 1. The molecule has 0 saturated heterocycles. The number of amides is 1. The van der Waals surface area contributed by atoms with E-state index in [1.165, 1.54) is 36.9 Å². The Morgan fingerprint density at radius 3 is 2.46 bits per heavy atom. The molecule has 0 aliphatic rings. The van der Waals surface area contributed by atoms with E-state index >= 15 is 0 Å². The van der Waals surface area contributed by atoms with Gasteiger partial charge < -0.3 is 10.1 Å². The second-order valence-electron chi connectivity index (χ2n) is 5.15. The summed E-state index contributed by atoms with van der Waals surface area (Å²) in [6, 6.07) is 15.0. The van der Waals surface area contributed by atoms with Crippen LogP contribution in [0.1, 0.15) is 13.8 Å². The molecular weight excluding hydrogens is 329 g/mol. The number of hydrogen-bond acceptors (Lipinski definition) is 4. The molecule has 0 fully saturated rings. The first-order valence-corrected chi connectivity index (χ1v) is 8.32. The molecule has 2 aromatic rings. The third-order valence-corrected chi connectivity index (χ3v) is 4.23. The van der Waals surface area contributed by atoms with Crippen molar-refractivity contribution in [2.24, 2.45) is 0 Å². The summed E-state index contributed by atoms with van der Waals surface area (Å²) in [6.07, 6.45) is -0.973. The van der Waals surface area contributed by atoms with Crippen molar-refractivity contribution >= 4 is 29.3 Å². The summed E-state index contributed by atoms with van der Waals surface area (Å²) in [6.45, 7) is 3.20. The van der Waals surface area contributed by atoms with Crippen LogP contribution in [-0.4, -0.2) is 23.2 Å². The Morgan fingerprint density at radius 1 is 1.08 bits per heavy atom. The Labute approximate surface area is 144 Å². The molecule has 0 radical (unpaired) electrons. The van der Waals surface area contributed by atoms with Gasteiger partial charge in [0.1, 0.15) is 11.1 Å². The molecule has 0 aromatic heterocycles. The van der Waals surface area contributed by atoms with Crippen molar-refractivity contribution in [3.8, 4) is 0 Å². The van der Waals surface area contributed by atoms with E-state index in [-0.39, 0.29) is 0 Å². The molecule has 0 saturated carbocycles. The smallest absolute Gasteiger partial charge is 0.319 e. The fourth-order valence-electron chi connectivity index (χ4n) is 1.88. The molecule has 126 valence electrons. The molecule has 6 heteroatoms. The number of hydrogen-bond donors (Lipinski definition) is 1. The van der Waals surface area contributed by atoms with Crippen molar-refractivity contribution in [2.45, 2.75) is 30.1 Å². The van der Waals surface area contributed by atoms with Crippen LogP contribution in [0, 0.1) is 5.82 Å². The molecular formula is C18H18FNO3S. The maximum atomic E-state index is 13.1. The number of benzene rings is 2. The van der Waals surface area contributed by atoms with Gasteiger partial charge in [0, 0.05) is 10.6 Å². The van der Waals surface area contributed by atoms with Gasteiger partial charge in [-0.25, -0.2) is 4.39 Å². The highest BCUT2D eigenvalue weighted by molar-refractivity contribution is 8.00. The number of carbonyl (C=O) groups excluding carboxylic acids is 2. The predicted octanol–water partition coefficient (Wildman–Crippen LogP) is 3.88. The molecule has 2 rings (SSSR count). The van der Waals surface area contributed by atoms with E-state index in [4.69, 9.17) is 4.74 Å². The Bertz CT molecular complexity index is 708. The number of halogens is 1. The first-order valence-electron chi connectivity index (χ1n) is 7.44. The molecule has 4 nitrogen and oxygen atoms in total. The monoisotopic (exact) mass is 347 g/mol. The number of carbonyl (C=O) groups is 2. The molecule has 0 spiro atoms. The van der Waals surface area contributed by atoms with Gasteiger partial charge in [0.05, 0.1) is 0 Å². The lowest BCUT2D eigenvalue weighted by Crippen LogP contribution is -2.32. The third kappa shape index (κ3) is 5.38. The Morgan fingerprint density at radius 2 is 1.79 bits per heavy atom. The highest BCUT2D eigenvalue weighted by atomic mass is 32.2. The molecule has 2 atom stereocenters. The average Bonchev–Trinajstić information content (AvgIpc) is 2.55. The maximum Gasteiger partial charge on any atom is 0.319 e. The summed E-state index contributed by atoms with van der Waals surface area (Å²) in [5.74, 6) is -1.44. The van der Waals surface area contributed by atoms with E-state index in [1.807, 2.05) is 30.3 Å². The number of ether oxygens (including phenoxy) is 1. The summed E-state index contributed by atoms with van der Waals surface area (Å²) in [5, 5.41) is 2.07. The fraction of sp³-hybridized carbons (Fsp3) is 0.222. The van der Waals surface area contributed by atoms with Crippen LogP contribution in [0.4, 0.5) is 10.1 Å². The zero-order chi connectivity index (χ0) is 17.5. The average molecular weight is 347 g/mol. The van der Waals surface area contributed by atoms with E-state index in [0.717, 1.165) is 4.90 Å². The summed E-state index contributed by atoms with van der Waals surface area (Å²) >= 11 is 1.36. The molecule has 1 amide bonds. The highest BCUT2D eigenvalue weighted by Crippen LogP contribution is 2.23. The minimum absolute atomic E-state index is 0.314. The van der Waals surface area contributed by atoms with Gasteiger partial charge in [-0.1, -0.05) is 24.3 Å². The third-order valence-electron chi connectivity index (χ3n) is 3.14. The summed E-state index contributed by atoms with van der Waals surface area (Å²) in [7, 11) is 0. The zero-order valence-electron chi connectivity index (χ0n) is 13.4. The number of rotatable bonds is 6. The van der Waals surface area contributed by atoms with Crippen LogP contribution >= 0.6 is 11.8 Å². The van der Waals surface area contributed by atoms with Gasteiger partial charge in [-0.05, 0) is 44.2 Å². The Balaban J connectivity index is 1.87. The summed E-state index contributed by atoms with van der Waals surface area (Å²) in [5.41, 5.74) is 0.314. The molecule has 0 aliphatic carbocycles. The number of thioether (sulfide) groups is 1. The first kappa shape index (κ1) is 18.0. The molecule has 0 aliphatic heterocycles. The van der Waals surface area contributed by atoms with Crippen LogP contribution in [0.5, 0.6) is 0 Å². The highest BCUT2D eigenvalue weighted by Gasteiger charge is 2.22. The SMILES string of the molecule is C[C@H](Sc1ccccc1)C(=O)O[C@H](C)C(=O)Nc1cccc(F)c1. The van der Waals surface area contributed by atoms with E-state index in [9.17, 15) is 14.0 Å². The summed E-state index contributed by atoms with van der Waals surface area (Å²) in [4.78, 5) is 25.1. The lowest BCUT2D eigenvalue weighted by molar-refractivity contribution is -0.152. The van der Waals surface area contributed by atoms with E-state index in [0.29, 0.717) is 5.69 Å². The van der Waals surface area contributed by atoms with Crippen LogP contribution < -0.4 is 5.32 Å². The van der Waals surface area contributed by atoms with E-state index in [1.54, 1.807) is 13.0 Å². The molecule has 0 bridgehead atoms. The van der Waals surface area contributed by atoms with E-state index < -0.39 is 29.0 Å². The van der Waals surface area contributed by atoms with Crippen LogP contribution in [-0.2, 0) is 14.3 Å². The zero-order valence-corrected chi connectivity index (χ0v) is 14.2. The van der Waals surface area contributed by atoms with Crippen molar-refractivity contribution < 1.29 is 18.7 Å². The fourth-order valence-corrected chi connectivity index (χ4v) is 2.76. The molecule has 1 N–H and O–H groups in total. The minimum Gasteiger partial charge on any atom is -0.452 e. The topological polar surface area (TPSA) is 55.4 Å². The van der Waals surface area contributed by atoms with E-state index in [2.05, 4.69) is 5.32 Å². The van der Waals surface area contributed by atoms with Gasteiger partial charge >= 0.3 is 5.97 Å². The largest absolute Gasteiger partial charge is 0.452 e. The van der Waals surface area contributed by atoms with Gasteiger partial charge in [-0.15, -0.1) is 11.8 Å². The predicted molar refractivity (Wildman–Crippen MR) is 92.3 cm³/mol. The Kier molecular flexibility index (Phi) is 6.37. The van der Waals surface area contributed by atoms with Crippen LogP contribution in [0.2, 0.25) is 0 Å². The number of nitrogens with one attached hydrogen (secondary N) is 1. The minimum atomic E-state index is -0.973. The quantitative estimate of drug-likeness (QED) is 0.636. The number of anilines is 1. The van der Waals surface area contributed by atoms with Crippen molar-refractivity contribution in [2.75, 3.05) is 5.32 Å². The van der Waals surface area contributed by atoms with Crippen LogP contribution in [0.3, 0.4) is 0 Å². The van der Waals surface area contributed by atoms with Gasteiger partial charge in [-0.3, -0.25) is 9.59 Å². The van der Waals surface area contributed by atoms with Crippen LogP contribution in [0.15, 0.2) is 59.5 Å². The molecule has 24 heavy (non-hydrogen) atoms. The van der Waals surface area contributed by atoms with Crippen molar-refractivity contribution in [1.29, 1.82) is 0 Å². The van der Waals surface area contributed by atoms with Gasteiger partial charge in [-0.2, -0.15) is 0 Å². The normalized spacial score (nSPS) is 13.0. The van der Waals surface area contributed by atoms with Crippen molar-refractivity contribution in [1.82, 2.24) is 0 Å². The summed E-state index contributed by atoms with van der Waals surface area (Å²) < 4.78 is 18.3. The van der Waals surface area contributed by atoms with Crippen molar-refractivity contribution in [3.63, 3.8) is 0 Å². The molecule has 2 aromatic carbocycles. The van der Waals surface area contributed by atoms with Gasteiger partial charge in [0.25, 0.3) is 5.91 Å². The second kappa shape index (κ2) is 8.49. The lowest BCUT2D eigenvalue weighted by Gasteiger charge is -2.16. The molecule has 0 heterocycles. The first-order chi connectivity index (χ1) is 11.5. The van der Waals surface area contributed by atoms with Gasteiger partial charge in [0.15, 0.2) is 6.10 Å². The van der Waals surface area contributed by atoms with Gasteiger partial charge in [0.2, 0.25) is 0 Å². The molecule has 0 unspecified atom stereocenters. The second-order valence-corrected chi connectivity index (χ2v) is 6.57. The lowest BCUT2D eigenvalue weighted by atomic mass is 10.3. The Hall–Kier alpha value is -2.34.